The molecule has 17 heavy (non-hydrogen) atoms. The molecule has 1 N–H and O–H groups in total. The van der Waals surface area contributed by atoms with E-state index >= 15 is 0 Å². The molecule has 1 heterocycles. The van der Waals surface area contributed by atoms with Crippen LogP contribution in [0.1, 0.15) is 31.7 Å². The van der Waals surface area contributed by atoms with Gasteiger partial charge in [0.15, 0.2) is 0 Å². The van der Waals surface area contributed by atoms with Crippen molar-refractivity contribution in [3.05, 3.63) is 23.8 Å². The van der Waals surface area contributed by atoms with Crippen LogP contribution in [0.3, 0.4) is 0 Å². The third kappa shape index (κ3) is 3.53. The largest absolute Gasteiger partial charge is 0.494 e. The molecule has 1 aromatic carbocycles. The first-order valence-electron chi connectivity index (χ1n) is 6.38. The smallest absolute Gasteiger partial charge is 0.121 e. The highest BCUT2D eigenvalue weighted by Gasteiger charge is 2.14. The summed E-state index contributed by atoms with van der Waals surface area (Å²) < 4.78 is 5.71. The van der Waals surface area contributed by atoms with E-state index in [0.717, 1.165) is 31.6 Å². The van der Waals surface area contributed by atoms with Crippen molar-refractivity contribution in [2.75, 3.05) is 17.8 Å². The van der Waals surface area contributed by atoms with Gasteiger partial charge in [0.25, 0.3) is 0 Å². The minimum atomic E-state index is 0.564. The van der Waals surface area contributed by atoms with Crippen LogP contribution in [0.4, 0.5) is 5.69 Å². The molecule has 0 aromatic heterocycles. The zero-order valence-electron chi connectivity index (χ0n) is 10.3. The Labute approximate surface area is 108 Å². The Bertz CT molecular complexity index is 367. The predicted molar refractivity (Wildman–Crippen MR) is 73.3 cm³/mol. The molecule has 94 valence electrons. The van der Waals surface area contributed by atoms with Gasteiger partial charge in [0.05, 0.1) is 6.61 Å². The van der Waals surface area contributed by atoms with Crippen LogP contribution in [0.25, 0.3) is 0 Å². The van der Waals surface area contributed by atoms with Crippen LogP contribution >= 0.6 is 11.6 Å². The SMILES string of the molecule is CC1CCc2ccc(OCCCCCl)cc2N1. The number of nitrogens with one attached hydrogen (secondary N) is 1. The molecule has 0 radical (unpaired) electrons. The van der Waals surface area contributed by atoms with Gasteiger partial charge in [-0.3, -0.25) is 0 Å². The second kappa shape index (κ2) is 6.15. The average molecular weight is 254 g/mol. The predicted octanol–water partition coefficient (Wildman–Crippen LogP) is 3.83. The Kier molecular flexibility index (Phi) is 4.55. The molecule has 0 saturated heterocycles. The number of unbranched alkanes of at least 4 members (excludes halogenated alkanes) is 1. The molecule has 2 nitrogen and oxygen atoms in total. The fraction of sp³-hybridized carbons (Fsp3) is 0.571. The van der Waals surface area contributed by atoms with E-state index in [9.17, 15) is 0 Å². The molecular weight excluding hydrogens is 234 g/mol. The number of hydrogen-bond donors (Lipinski definition) is 1. The minimum Gasteiger partial charge on any atom is -0.494 e. The van der Waals surface area contributed by atoms with Crippen LogP contribution in [0.15, 0.2) is 18.2 Å². The molecule has 0 amide bonds. The topological polar surface area (TPSA) is 21.3 Å². The molecule has 1 atom stereocenters. The lowest BCUT2D eigenvalue weighted by atomic mass is 9.99. The van der Waals surface area contributed by atoms with Crippen molar-refractivity contribution in [3.63, 3.8) is 0 Å². The van der Waals surface area contributed by atoms with Gasteiger partial charge in [0, 0.05) is 23.7 Å². The molecule has 3 heteroatoms. The van der Waals surface area contributed by atoms with Gasteiger partial charge in [0.1, 0.15) is 5.75 Å². The van der Waals surface area contributed by atoms with Crippen molar-refractivity contribution in [3.8, 4) is 5.75 Å². The number of hydrogen-bond acceptors (Lipinski definition) is 2. The van der Waals surface area contributed by atoms with Gasteiger partial charge >= 0.3 is 0 Å². The summed E-state index contributed by atoms with van der Waals surface area (Å²) in [6, 6.07) is 6.92. The van der Waals surface area contributed by atoms with Gasteiger partial charge in [-0.2, -0.15) is 0 Å². The van der Waals surface area contributed by atoms with Crippen molar-refractivity contribution in [2.24, 2.45) is 0 Å². The van der Waals surface area contributed by atoms with Gasteiger partial charge < -0.3 is 10.1 Å². The summed E-state index contributed by atoms with van der Waals surface area (Å²) >= 11 is 5.63. The fourth-order valence-electron chi connectivity index (χ4n) is 2.09. The van der Waals surface area contributed by atoms with E-state index in [0.29, 0.717) is 11.9 Å². The lowest BCUT2D eigenvalue weighted by Crippen LogP contribution is -2.21. The fourth-order valence-corrected chi connectivity index (χ4v) is 2.28. The van der Waals surface area contributed by atoms with Gasteiger partial charge in [0.2, 0.25) is 0 Å². The molecule has 1 aromatic rings. The highest BCUT2D eigenvalue weighted by molar-refractivity contribution is 6.17. The van der Waals surface area contributed by atoms with E-state index in [1.165, 1.54) is 17.7 Å². The third-order valence-electron chi connectivity index (χ3n) is 3.13. The molecule has 1 unspecified atom stereocenters. The summed E-state index contributed by atoms with van der Waals surface area (Å²) in [6.07, 6.45) is 4.41. The van der Waals surface area contributed by atoms with Crippen LogP contribution in [-0.2, 0) is 6.42 Å². The maximum absolute atomic E-state index is 5.71. The Balaban J connectivity index is 1.93. The lowest BCUT2D eigenvalue weighted by Gasteiger charge is -2.24. The first-order chi connectivity index (χ1) is 8.29. The van der Waals surface area contributed by atoms with E-state index in [1.54, 1.807) is 0 Å². The first kappa shape index (κ1) is 12.6. The van der Waals surface area contributed by atoms with Crippen LogP contribution in [-0.4, -0.2) is 18.5 Å². The maximum Gasteiger partial charge on any atom is 0.121 e. The van der Waals surface area contributed by atoms with Crippen molar-refractivity contribution in [1.82, 2.24) is 0 Å². The molecule has 0 fully saturated rings. The van der Waals surface area contributed by atoms with Gasteiger partial charge in [-0.25, -0.2) is 0 Å². The number of fused-ring (bicyclic) bond motifs is 1. The van der Waals surface area contributed by atoms with Gasteiger partial charge in [-0.05, 0) is 44.2 Å². The van der Waals surface area contributed by atoms with Gasteiger partial charge in [-0.1, -0.05) is 6.07 Å². The standard InChI is InChI=1S/C14H20ClNO/c1-11-4-5-12-6-7-13(10-14(12)16-11)17-9-3-2-8-15/h6-7,10-11,16H,2-5,8-9H2,1H3. The molecule has 2 rings (SSSR count). The molecule has 0 bridgehead atoms. The molecule has 0 saturated carbocycles. The Morgan fingerprint density at radius 1 is 1.41 bits per heavy atom. The summed E-state index contributed by atoms with van der Waals surface area (Å²) in [5.74, 6) is 1.67. The van der Waals surface area contributed by atoms with E-state index in [1.807, 2.05) is 0 Å². The molecule has 0 spiro atoms. The Hall–Kier alpha value is -0.890. The molecule has 0 aliphatic carbocycles. The third-order valence-corrected chi connectivity index (χ3v) is 3.39. The number of halogens is 1. The van der Waals surface area contributed by atoms with Crippen LogP contribution in [0, 0.1) is 0 Å². The lowest BCUT2D eigenvalue weighted by molar-refractivity contribution is 0.309. The monoisotopic (exact) mass is 253 g/mol. The zero-order valence-corrected chi connectivity index (χ0v) is 11.1. The quantitative estimate of drug-likeness (QED) is 0.636. The summed E-state index contributed by atoms with van der Waals surface area (Å²) in [7, 11) is 0. The number of alkyl halides is 1. The van der Waals surface area contributed by atoms with Crippen LogP contribution < -0.4 is 10.1 Å². The Morgan fingerprint density at radius 2 is 2.29 bits per heavy atom. The number of anilines is 1. The second-order valence-corrected chi connectivity index (χ2v) is 5.03. The maximum atomic E-state index is 5.71. The van der Waals surface area contributed by atoms with E-state index < -0.39 is 0 Å². The zero-order chi connectivity index (χ0) is 12.1. The van der Waals surface area contributed by atoms with Gasteiger partial charge in [-0.15, -0.1) is 11.6 Å². The normalized spacial score (nSPS) is 18.4. The van der Waals surface area contributed by atoms with Crippen molar-refractivity contribution < 1.29 is 4.74 Å². The van der Waals surface area contributed by atoms with Crippen LogP contribution in [0.5, 0.6) is 5.75 Å². The molecular formula is C14H20ClNO. The van der Waals surface area contributed by atoms with E-state index in [2.05, 4.69) is 30.4 Å². The van der Waals surface area contributed by atoms with E-state index in [-0.39, 0.29) is 0 Å². The number of benzene rings is 1. The number of aryl methyl sites for hydroxylation is 1. The van der Waals surface area contributed by atoms with E-state index in [4.69, 9.17) is 16.3 Å². The highest BCUT2D eigenvalue weighted by Crippen LogP contribution is 2.28. The van der Waals surface area contributed by atoms with Crippen molar-refractivity contribution in [2.45, 2.75) is 38.6 Å². The van der Waals surface area contributed by atoms with Crippen LogP contribution in [0.2, 0.25) is 0 Å². The first-order valence-corrected chi connectivity index (χ1v) is 6.91. The summed E-state index contributed by atoms with van der Waals surface area (Å²) in [6.45, 7) is 2.97. The molecule has 1 aliphatic rings. The summed E-state index contributed by atoms with van der Waals surface area (Å²) in [4.78, 5) is 0. The molecule has 1 aliphatic heterocycles. The Morgan fingerprint density at radius 3 is 3.12 bits per heavy atom. The average Bonchev–Trinajstić information content (AvgIpc) is 2.34. The minimum absolute atomic E-state index is 0.564. The second-order valence-electron chi connectivity index (χ2n) is 4.65. The summed E-state index contributed by atoms with van der Waals surface area (Å²) in [5, 5.41) is 3.50. The number of ether oxygens (including phenoxy) is 1. The number of rotatable bonds is 5. The summed E-state index contributed by atoms with van der Waals surface area (Å²) in [5.41, 5.74) is 2.63. The highest BCUT2D eigenvalue weighted by atomic mass is 35.5. The van der Waals surface area contributed by atoms with Crippen molar-refractivity contribution >= 4 is 17.3 Å². The van der Waals surface area contributed by atoms with Crippen molar-refractivity contribution in [1.29, 1.82) is 0 Å².